The fourth-order valence-electron chi connectivity index (χ4n) is 3.46. The largest absolute Gasteiger partial charge is 0.335 e. The zero-order valence-corrected chi connectivity index (χ0v) is 15.5. The SMILES string of the molecule is C[C@@H](c1c[nH]c(=O)c2c(F)c(F)ccc12)N(C)C(=O)c1cc2c(F)cccn2c1. The predicted octanol–water partition coefficient (Wildman–Crippen LogP) is 4.03. The number of halogens is 3. The summed E-state index contributed by atoms with van der Waals surface area (Å²) in [5.74, 6) is -3.20. The Morgan fingerprint density at radius 2 is 1.93 bits per heavy atom. The second-order valence-corrected chi connectivity index (χ2v) is 6.83. The number of carbonyl (C=O) groups is 1. The molecule has 0 fully saturated rings. The van der Waals surface area contributed by atoms with Gasteiger partial charge in [0, 0.05) is 25.6 Å². The molecule has 1 atom stereocenters. The number of carbonyl (C=O) groups excluding carboxylic acids is 1. The normalized spacial score (nSPS) is 12.4. The number of aromatic amines is 1. The van der Waals surface area contributed by atoms with E-state index < -0.39 is 34.4 Å². The highest BCUT2D eigenvalue weighted by atomic mass is 19.2. The summed E-state index contributed by atoms with van der Waals surface area (Å²) in [6, 6.07) is 5.95. The Balaban J connectivity index is 1.76. The van der Waals surface area contributed by atoms with Crippen LogP contribution in [0.3, 0.4) is 0 Å². The molecule has 8 heteroatoms. The predicted molar refractivity (Wildman–Crippen MR) is 102 cm³/mol. The van der Waals surface area contributed by atoms with Crippen LogP contribution in [0.2, 0.25) is 0 Å². The van der Waals surface area contributed by atoms with Gasteiger partial charge in [-0.05, 0) is 42.1 Å². The lowest BCUT2D eigenvalue weighted by Gasteiger charge is -2.26. The van der Waals surface area contributed by atoms with Gasteiger partial charge in [0.15, 0.2) is 11.6 Å². The van der Waals surface area contributed by atoms with Crippen LogP contribution in [0.25, 0.3) is 16.3 Å². The monoisotopic (exact) mass is 399 g/mol. The number of aromatic nitrogens is 2. The summed E-state index contributed by atoms with van der Waals surface area (Å²) in [5.41, 5.74) is 0.236. The molecule has 0 bridgehead atoms. The van der Waals surface area contributed by atoms with Crippen LogP contribution in [0.4, 0.5) is 13.2 Å². The van der Waals surface area contributed by atoms with Crippen LogP contribution in [0.15, 0.2) is 53.7 Å². The van der Waals surface area contributed by atoms with Crippen LogP contribution >= 0.6 is 0 Å². The number of benzene rings is 1. The summed E-state index contributed by atoms with van der Waals surface area (Å²) < 4.78 is 43.2. The van der Waals surface area contributed by atoms with Gasteiger partial charge in [-0.15, -0.1) is 0 Å². The van der Waals surface area contributed by atoms with E-state index >= 15 is 0 Å². The summed E-state index contributed by atoms with van der Waals surface area (Å²) >= 11 is 0. The third-order valence-corrected chi connectivity index (χ3v) is 5.17. The zero-order valence-electron chi connectivity index (χ0n) is 15.5. The molecule has 148 valence electrons. The average Bonchev–Trinajstić information content (AvgIpc) is 3.15. The average molecular weight is 399 g/mol. The van der Waals surface area contributed by atoms with Crippen molar-refractivity contribution in [1.82, 2.24) is 14.3 Å². The molecule has 0 saturated carbocycles. The standard InChI is InChI=1S/C21H16F3N3O2/c1-11(14-9-25-20(28)18-13(14)5-6-16(23)19(18)24)26(2)21(29)12-8-17-15(22)4-3-7-27(17)10-12/h3-11H,1-2H3,(H,25,28)/t11-/m0/s1. The molecule has 1 aromatic carbocycles. The van der Waals surface area contributed by atoms with Gasteiger partial charge >= 0.3 is 0 Å². The Bertz CT molecular complexity index is 1330. The number of H-pyrrole nitrogens is 1. The molecular formula is C21H16F3N3O2. The molecule has 0 aliphatic heterocycles. The Kier molecular flexibility index (Phi) is 4.41. The highest BCUT2D eigenvalue weighted by Gasteiger charge is 2.24. The van der Waals surface area contributed by atoms with E-state index in [0.29, 0.717) is 5.56 Å². The van der Waals surface area contributed by atoms with Crippen molar-refractivity contribution < 1.29 is 18.0 Å². The number of nitrogens with zero attached hydrogens (tertiary/aromatic N) is 2. The number of amides is 1. The number of fused-ring (bicyclic) bond motifs is 2. The molecule has 29 heavy (non-hydrogen) atoms. The van der Waals surface area contributed by atoms with E-state index in [1.54, 1.807) is 20.2 Å². The second-order valence-electron chi connectivity index (χ2n) is 6.83. The van der Waals surface area contributed by atoms with E-state index in [1.807, 2.05) is 0 Å². The maximum atomic E-state index is 14.2. The molecule has 0 spiro atoms. The molecule has 1 N–H and O–H groups in total. The van der Waals surface area contributed by atoms with Crippen LogP contribution in [-0.4, -0.2) is 27.2 Å². The van der Waals surface area contributed by atoms with E-state index in [9.17, 15) is 22.8 Å². The van der Waals surface area contributed by atoms with Crippen LogP contribution in [0, 0.1) is 17.5 Å². The van der Waals surface area contributed by atoms with Crippen molar-refractivity contribution in [1.29, 1.82) is 0 Å². The van der Waals surface area contributed by atoms with Gasteiger partial charge in [0.1, 0.15) is 5.82 Å². The molecule has 1 amide bonds. The van der Waals surface area contributed by atoms with Crippen molar-refractivity contribution in [2.24, 2.45) is 0 Å². The molecule has 0 radical (unpaired) electrons. The number of pyridine rings is 2. The summed E-state index contributed by atoms with van der Waals surface area (Å²) in [6.45, 7) is 1.70. The van der Waals surface area contributed by atoms with Gasteiger partial charge in [-0.2, -0.15) is 0 Å². The molecule has 0 aliphatic rings. The molecule has 4 aromatic rings. The van der Waals surface area contributed by atoms with Crippen molar-refractivity contribution in [2.45, 2.75) is 13.0 Å². The fourth-order valence-corrected chi connectivity index (χ4v) is 3.46. The maximum absolute atomic E-state index is 14.2. The quantitative estimate of drug-likeness (QED) is 0.566. The summed E-state index contributed by atoms with van der Waals surface area (Å²) in [7, 11) is 1.54. The van der Waals surface area contributed by atoms with E-state index in [0.717, 1.165) is 6.07 Å². The van der Waals surface area contributed by atoms with Gasteiger partial charge in [0.2, 0.25) is 0 Å². The molecule has 4 rings (SSSR count). The first-order valence-electron chi connectivity index (χ1n) is 8.82. The van der Waals surface area contributed by atoms with Crippen molar-refractivity contribution in [3.63, 3.8) is 0 Å². The molecule has 3 heterocycles. The molecule has 0 unspecified atom stereocenters. The van der Waals surface area contributed by atoms with Crippen molar-refractivity contribution >= 4 is 22.2 Å². The lowest BCUT2D eigenvalue weighted by atomic mass is 10.0. The second kappa shape index (κ2) is 6.80. The lowest BCUT2D eigenvalue weighted by Crippen LogP contribution is -2.30. The maximum Gasteiger partial charge on any atom is 0.258 e. The Morgan fingerprint density at radius 1 is 1.17 bits per heavy atom. The first-order chi connectivity index (χ1) is 13.8. The van der Waals surface area contributed by atoms with Gasteiger partial charge in [0.25, 0.3) is 11.5 Å². The van der Waals surface area contributed by atoms with E-state index in [4.69, 9.17) is 0 Å². The van der Waals surface area contributed by atoms with Crippen molar-refractivity contribution in [3.05, 3.63) is 87.9 Å². The molecule has 5 nitrogen and oxygen atoms in total. The zero-order chi connectivity index (χ0) is 20.9. The van der Waals surface area contributed by atoms with Gasteiger partial charge in [-0.3, -0.25) is 9.59 Å². The first kappa shape index (κ1) is 18.8. The third kappa shape index (κ3) is 2.97. The molecule has 0 aliphatic carbocycles. The van der Waals surface area contributed by atoms with Gasteiger partial charge in [0.05, 0.1) is 22.5 Å². The van der Waals surface area contributed by atoms with Crippen LogP contribution in [0.1, 0.15) is 28.9 Å². The third-order valence-electron chi connectivity index (χ3n) is 5.17. The minimum absolute atomic E-state index is 0.216. The topological polar surface area (TPSA) is 57.6 Å². The summed E-state index contributed by atoms with van der Waals surface area (Å²) in [4.78, 5) is 28.7. The summed E-state index contributed by atoms with van der Waals surface area (Å²) in [6.07, 6.45) is 4.53. The minimum atomic E-state index is -1.24. The van der Waals surface area contributed by atoms with Gasteiger partial charge in [-0.25, -0.2) is 13.2 Å². The lowest BCUT2D eigenvalue weighted by molar-refractivity contribution is 0.0743. The number of hydrogen-bond donors (Lipinski definition) is 1. The Labute approximate surface area is 163 Å². The number of rotatable bonds is 3. The Hall–Kier alpha value is -3.55. The molecule has 0 saturated heterocycles. The van der Waals surface area contributed by atoms with Gasteiger partial charge in [-0.1, -0.05) is 6.07 Å². The van der Waals surface area contributed by atoms with Crippen molar-refractivity contribution in [3.8, 4) is 0 Å². The first-order valence-corrected chi connectivity index (χ1v) is 8.82. The number of hydrogen-bond acceptors (Lipinski definition) is 2. The van der Waals surface area contributed by atoms with Crippen LogP contribution in [-0.2, 0) is 0 Å². The summed E-state index contributed by atoms with van der Waals surface area (Å²) in [5, 5.41) is -0.181. The molecule has 3 aromatic heterocycles. The van der Waals surface area contributed by atoms with Crippen LogP contribution < -0.4 is 5.56 Å². The number of nitrogens with one attached hydrogen (secondary N) is 1. The van der Waals surface area contributed by atoms with Crippen molar-refractivity contribution in [2.75, 3.05) is 7.05 Å². The van der Waals surface area contributed by atoms with E-state index in [2.05, 4.69) is 4.98 Å². The highest BCUT2D eigenvalue weighted by molar-refractivity contribution is 5.96. The Morgan fingerprint density at radius 3 is 2.66 bits per heavy atom. The van der Waals surface area contributed by atoms with E-state index in [1.165, 1.54) is 46.0 Å². The van der Waals surface area contributed by atoms with E-state index in [-0.39, 0.29) is 22.4 Å². The van der Waals surface area contributed by atoms with Gasteiger partial charge < -0.3 is 14.3 Å². The molecular weight excluding hydrogens is 383 g/mol. The highest BCUT2D eigenvalue weighted by Crippen LogP contribution is 2.28. The smallest absolute Gasteiger partial charge is 0.258 e. The fraction of sp³-hybridized carbons (Fsp3) is 0.143. The van der Waals surface area contributed by atoms with Crippen LogP contribution in [0.5, 0.6) is 0 Å². The minimum Gasteiger partial charge on any atom is -0.335 e.